The SMILES string of the molecule is Cc1nn(C)cc1NC1COc2cc(O)ccc21. The molecule has 5 heteroatoms. The highest BCUT2D eigenvalue weighted by Gasteiger charge is 2.25. The third kappa shape index (κ3) is 1.77. The summed E-state index contributed by atoms with van der Waals surface area (Å²) in [6, 6.07) is 5.32. The molecule has 0 saturated heterocycles. The summed E-state index contributed by atoms with van der Waals surface area (Å²) in [5.41, 5.74) is 3.04. The van der Waals surface area contributed by atoms with Crippen LogP contribution < -0.4 is 10.1 Å². The molecular formula is C13H15N3O2. The Morgan fingerprint density at radius 2 is 2.33 bits per heavy atom. The molecule has 1 atom stereocenters. The zero-order valence-corrected chi connectivity index (χ0v) is 10.3. The molecule has 1 aliphatic rings. The number of fused-ring (bicyclic) bond motifs is 1. The summed E-state index contributed by atoms with van der Waals surface area (Å²) in [6.45, 7) is 2.53. The van der Waals surface area contributed by atoms with Gasteiger partial charge in [-0.2, -0.15) is 5.10 Å². The molecule has 1 aromatic carbocycles. The van der Waals surface area contributed by atoms with E-state index in [2.05, 4.69) is 10.4 Å². The van der Waals surface area contributed by atoms with Crippen molar-refractivity contribution in [3.8, 4) is 11.5 Å². The summed E-state index contributed by atoms with van der Waals surface area (Å²) < 4.78 is 7.34. The maximum Gasteiger partial charge on any atom is 0.128 e. The molecule has 1 aliphatic heterocycles. The average Bonchev–Trinajstić information content (AvgIpc) is 2.84. The van der Waals surface area contributed by atoms with Crippen LogP contribution in [0, 0.1) is 6.92 Å². The number of hydrogen-bond acceptors (Lipinski definition) is 4. The molecule has 5 nitrogen and oxygen atoms in total. The van der Waals surface area contributed by atoms with Crippen molar-refractivity contribution in [2.24, 2.45) is 7.05 Å². The minimum atomic E-state index is 0.100. The van der Waals surface area contributed by atoms with Crippen LogP contribution >= 0.6 is 0 Å². The Morgan fingerprint density at radius 3 is 3.06 bits per heavy atom. The largest absolute Gasteiger partial charge is 0.508 e. The van der Waals surface area contributed by atoms with Gasteiger partial charge in [-0.3, -0.25) is 4.68 Å². The summed E-state index contributed by atoms with van der Waals surface area (Å²) >= 11 is 0. The molecule has 2 heterocycles. The van der Waals surface area contributed by atoms with Gasteiger partial charge in [-0.1, -0.05) is 0 Å². The standard InChI is InChI=1S/C13H15N3O2/c1-8-11(6-16(2)15-8)14-12-7-18-13-5-9(17)3-4-10(12)13/h3-6,12,14,17H,7H2,1-2H3. The number of anilines is 1. The van der Waals surface area contributed by atoms with E-state index in [1.54, 1.807) is 16.8 Å². The van der Waals surface area contributed by atoms with Crippen LogP contribution in [0.1, 0.15) is 17.3 Å². The fourth-order valence-corrected chi connectivity index (χ4v) is 2.25. The van der Waals surface area contributed by atoms with Crippen LogP contribution in [0.5, 0.6) is 11.5 Å². The van der Waals surface area contributed by atoms with Crippen molar-refractivity contribution in [1.82, 2.24) is 9.78 Å². The normalized spacial score (nSPS) is 17.3. The Morgan fingerprint density at radius 1 is 1.50 bits per heavy atom. The fraction of sp³-hybridized carbons (Fsp3) is 0.308. The molecule has 3 rings (SSSR count). The predicted octanol–water partition coefficient (Wildman–Crippen LogP) is 1.98. The van der Waals surface area contributed by atoms with Crippen LogP contribution in [0.3, 0.4) is 0 Å². The lowest BCUT2D eigenvalue weighted by atomic mass is 10.1. The van der Waals surface area contributed by atoms with Gasteiger partial charge in [0.1, 0.15) is 18.1 Å². The first-order valence-electron chi connectivity index (χ1n) is 5.86. The summed E-state index contributed by atoms with van der Waals surface area (Å²) in [5.74, 6) is 0.973. The monoisotopic (exact) mass is 245 g/mol. The van der Waals surface area contributed by atoms with E-state index in [1.165, 1.54) is 0 Å². The lowest BCUT2D eigenvalue weighted by molar-refractivity contribution is 0.338. The van der Waals surface area contributed by atoms with E-state index in [0.717, 1.165) is 22.7 Å². The number of ether oxygens (including phenoxy) is 1. The number of rotatable bonds is 2. The highest BCUT2D eigenvalue weighted by molar-refractivity contribution is 5.52. The minimum absolute atomic E-state index is 0.100. The molecule has 0 saturated carbocycles. The molecule has 0 radical (unpaired) electrons. The second-order valence-electron chi connectivity index (χ2n) is 4.53. The summed E-state index contributed by atoms with van der Waals surface area (Å²) in [6.07, 6.45) is 1.95. The van der Waals surface area contributed by atoms with Crippen molar-refractivity contribution in [2.75, 3.05) is 11.9 Å². The molecule has 0 bridgehead atoms. The maximum absolute atomic E-state index is 9.41. The third-order valence-electron chi connectivity index (χ3n) is 3.12. The molecule has 94 valence electrons. The molecule has 0 fully saturated rings. The predicted molar refractivity (Wildman–Crippen MR) is 67.9 cm³/mol. The molecule has 0 spiro atoms. The number of phenolic OH excluding ortho intramolecular Hbond substituents is 1. The number of benzene rings is 1. The van der Waals surface area contributed by atoms with E-state index >= 15 is 0 Å². The highest BCUT2D eigenvalue weighted by Crippen LogP contribution is 2.36. The van der Waals surface area contributed by atoms with Crippen LogP contribution in [0.2, 0.25) is 0 Å². The number of aromatic hydroxyl groups is 1. The lowest BCUT2D eigenvalue weighted by Gasteiger charge is -2.11. The third-order valence-corrected chi connectivity index (χ3v) is 3.12. The average molecular weight is 245 g/mol. The Bertz CT molecular complexity index is 592. The number of nitrogens with one attached hydrogen (secondary N) is 1. The van der Waals surface area contributed by atoms with Crippen molar-refractivity contribution >= 4 is 5.69 Å². The summed E-state index contributed by atoms with van der Waals surface area (Å²) in [5, 5.41) is 17.1. The minimum Gasteiger partial charge on any atom is -0.508 e. The molecule has 2 N–H and O–H groups in total. The van der Waals surface area contributed by atoms with Crippen LogP contribution in [0.15, 0.2) is 24.4 Å². The van der Waals surface area contributed by atoms with E-state index in [-0.39, 0.29) is 11.8 Å². The number of aryl methyl sites for hydroxylation is 2. The molecule has 0 amide bonds. The van der Waals surface area contributed by atoms with Crippen LogP contribution in [-0.2, 0) is 7.05 Å². The second-order valence-corrected chi connectivity index (χ2v) is 4.53. The van der Waals surface area contributed by atoms with Gasteiger partial charge in [-0.25, -0.2) is 0 Å². The van der Waals surface area contributed by atoms with Crippen LogP contribution in [0.25, 0.3) is 0 Å². The Hall–Kier alpha value is -2.17. The number of aromatic nitrogens is 2. The van der Waals surface area contributed by atoms with E-state index in [4.69, 9.17) is 4.74 Å². The maximum atomic E-state index is 9.41. The number of phenols is 1. The Labute approximate surface area is 105 Å². The van der Waals surface area contributed by atoms with E-state index in [1.807, 2.05) is 26.2 Å². The van der Waals surface area contributed by atoms with E-state index in [9.17, 15) is 5.11 Å². The zero-order chi connectivity index (χ0) is 12.7. The molecule has 0 aliphatic carbocycles. The summed E-state index contributed by atoms with van der Waals surface area (Å²) in [4.78, 5) is 0. The van der Waals surface area contributed by atoms with Crippen molar-refractivity contribution in [1.29, 1.82) is 0 Å². The van der Waals surface area contributed by atoms with Gasteiger partial charge in [0, 0.05) is 24.9 Å². The molecule has 1 aromatic heterocycles. The van der Waals surface area contributed by atoms with Gasteiger partial charge in [0.15, 0.2) is 0 Å². The Kier molecular flexibility index (Phi) is 2.40. The number of nitrogens with zero attached hydrogens (tertiary/aromatic N) is 2. The van der Waals surface area contributed by atoms with Crippen molar-refractivity contribution in [3.63, 3.8) is 0 Å². The van der Waals surface area contributed by atoms with Gasteiger partial charge in [0.05, 0.1) is 17.4 Å². The first-order chi connectivity index (χ1) is 8.63. The van der Waals surface area contributed by atoms with Gasteiger partial charge in [-0.15, -0.1) is 0 Å². The zero-order valence-electron chi connectivity index (χ0n) is 10.3. The second kappa shape index (κ2) is 3.94. The van der Waals surface area contributed by atoms with E-state index in [0.29, 0.717) is 6.61 Å². The van der Waals surface area contributed by atoms with Crippen molar-refractivity contribution in [3.05, 3.63) is 35.7 Å². The topological polar surface area (TPSA) is 59.3 Å². The molecule has 18 heavy (non-hydrogen) atoms. The van der Waals surface area contributed by atoms with Gasteiger partial charge < -0.3 is 15.2 Å². The number of hydrogen-bond donors (Lipinski definition) is 2. The van der Waals surface area contributed by atoms with Gasteiger partial charge in [-0.05, 0) is 19.1 Å². The van der Waals surface area contributed by atoms with Gasteiger partial charge in [0.2, 0.25) is 0 Å². The lowest BCUT2D eigenvalue weighted by Crippen LogP contribution is -2.12. The summed E-state index contributed by atoms with van der Waals surface area (Å²) in [7, 11) is 1.90. The highest BCUT2D eigenvalue weighted by atomic mass is 16.5. The van der Waals surface area contributed by atoms with Crippen LogP contribution in [-0.4, -0.2) is 21.5 Å². The Balaban J connectivity index is 1.87. The quantitative estimate of drug-likeness (QED) is 0.849. The van der Waals surface area contributed by atoms with Gasteiger partial charge >= 0.3 is 0 Å². The van der Waals surface area contributed by atoms with Crippen molar-refractivity contribution < 1.29 is 9.84 Å². The first kappa shape index (κ1) is 11.0. The fourth-order valence-electron chi connectivity index (χ4n) is 2.25. The molecule has 1 unspecified atom stereocenters. The van der Waals surface area contributed by atoms with E-state index < -0.39 is 0 Å². The first-order valence-corrected chi connectivity index (χ1v) is 5.86. The molecule has 2 aromatic rings. The van der Waals surface area contributed by atoms with Gasteiger partial charge in [0.25, 0.3) is 0 Å². The van der Waals surface area contributed by atoms with Crippen molar-refractivity contribution in [2.45, 2.75) is 13.0 Å². The molecular weight excluding hydrogens is 230 g/mol. The van der Waals surface area contributed by atoms with Crippen LogP contribution in [0.4, 0.5) is 5.69 Å². The smallest absolute Gasteiger partial charge is 0.128 e.